The molecule has 2 aromatic rings. The number of nitrogens with two attached hydrogens (primary N) is 2. The third-order valence-corrected chi connectivity index (χ3v) is 4.56. The van der Waals surface area contributed by atoms with Gasteiger partial charge in [-0.15, -0.1) is 0 Å². The number of aliphatic hydroxyl groups is 1. The maximum absolute atomic E-state index is 11.7. The number of aromatic nitrogens is 3. The third kappa shape index (κ3) is 1.16. The molecule has 2 aromatic heterocycles. The molecule has 2 heterocycles. The van der Waals surface area contributed by atoms with E-state index in [1.807, 2.05) is 4.57 Å². The molecule has 1 amide bonds. The Morgan fingerprint density at radius 3 is 2.65 bits per heavy atom. The number of amides is 1. The fraction of sp³-hybridized carbons (Fsp3) is 0.462. The van der Waals surface area contributed by atoms with Gasteiger partial charge in [0, 0.05) is 25.5 Å². The van der Waals surface area contributed by atoms with Crippen molar-refractivity contribution in [3.05, 3.63) is 17.6 Å². The molecule has 0 radical (unpaired) electrons. The highest BCUT2D eigenvalue weighted by Gasteiger charge is 2.69. The normalized spacial score (nSPS) is 30.9. The highest BCUT2D eigenvalue weighted by Crippen LogP contribution is 2.66. The zero-order chi connectivity index (χ0) is 14.3. The van der Waals surface area contributed by atoms with E-state index in [4.69, 9.17) is 11.5 Å². The number of nitrogen functional groups attached to an aromatic ring is 1. The zero-order valence-electron chi connectivity index (χ0n) is 11.1. The summed E-state index contributed by atoms with van der Waals surface area (Å²) < 4.78 is 1.87. The van der Waals surface area contributed by atoms with Crippen molar-refractivity contribution in [2.45, 2.75) is 37.3 Å². The van der Waals surface area contributed by atoms with Crippen LogP contribution < -0.4 is 11.5 Å². The topological polar surface area (TPSA) is 120 Å². The van der Waals surface area contributed by atoms with Crippen molar-refractivity contribution in [3.8, 4) is 0 Å². The van der Waals surface area contributed by atoms with Crippen LogP contribution in [-0.2, 0) is 5.54 Å². The second kappa shape index (κ2) is 3.12. The van der Waals surface area contributed by atoms with Gasteiger partial charge in [-0.05, 0) is 6.92 Å². The molecule has 0 aliphatic heterocycles. The van der Waals surface area contributed by atoms with Gasteiger partial charge >= 0.3 is 0 Å². The van der Waals surface area contributed by atoms with Gasteiger partial charge in [0.1, 0.15) is 17.3 Å². The van der Waals surface area contributed by atoms with Gasteiger partial charge in [0.25, 0.3) is 5.91 Å². The first-order chi connectivity index (χ1) is 9.35. The second-order valence-corrected chi connectivity index (χ2v) is 6.09. The maximum atomic E-state index is 11.7. The minimum absolute atomic E-state index is 0.217. The Morgan fingerprint density at radius 2 is 2.10 bits per heavy atom. The van der Waals surface area contributed by atoms with Crippen LogP contribution in [-0.4, -0.2) is 31.1 Å². The first-order valence-corrected chi connectivity index (χ1v) is 6.51. The van der Waals surface area contributed by atoms with Crippen LogP contribution in [0, 0.1) is 6.92 Å². The Bertz CT molecular complexity index is 759. The third-order valence-electron chi connectivity index (χ3n) is 4.56. The van der Waals surface area contributed by atoms with Crippen LogP contribution in [0.3, 0.4) is 0 Å². The Labute approximate surface area is 114 Å². The highest BCUT2D eigenvalue weighted by molar-refractivity contribution is 6.10. The van der Waals surface area contributed by atoms with E-state index in [0.29, 0.717) is 41.9 Å². The largest absolute Gasteiger partial charge is 0.390 e. The number of carbonyl (C=O) groups is 1. The van der Waals surface area contributed by atoms with Crippen LogP contribution in [0.1, 0.15) is 35.4 Å². The van der Waals surface area contributed by atoms with Gasteiger partial charge in [-0.25, -0.2) is 9.97 Å². The van der Waals surface area contributed by atoms with Gasteiger partial charge in [-0.2, -0.15) is 0 Å². The number of fused-ring (bicyclic) bond motifs is 1. The molecule has 3 aliphatic rings. The quantitative estimate of drug-likeness (QED) is 0.713. The van der Waals surface area contributed by atoms with Crippen LogP contribution in [0.4, 0.5) is 5.82 Å². The fourth-order valence-electron chi connectivity index (χ4n) is 3.83. The lowest BCUT2D eigenvalue weighted by atomic mass is 9.46. The number of hydrogen-bond acceptors (Lipinski definition) is 5. The van der Waals surface area contributed by atoms with Crippen LogP contribution in [0.15, 0.2) is 6.20 Å². The minimum atomic E-state index is -0.580. The van der Waals surface area contributed by atoms with Gasteiger partial charge in [0.15, 0.2) is 0 Å². The molecule has 5 N–H and O–H groups in total. The van der Waals surface area contributed by atoms with Crippen molar-refractivity contribution >= 4 is 22.8 Å². The van der Waals surface area contributed by atoms with Gasteiger partial charge in [-0.3, -0.25) is 4.79 Å². The molecule has 3 aliphatic carbocycles. The predicted molar refractivity (Wildman–Crippen MR) is 72.0 cm³/mol. The smallest absolute Gasteiger partial charge is 0.253 e. The monoisotopic (exact) mass is 273 g/mol. The molecular formula is C13H15N5O2. The molecule has 0 spiro atoms. The van der Waals surface area contributed by atoms with Gasteiger partial charge in [0.2, 0.25) is 0 Å². The molecule has 0 unspecified atom stereocenters. The fourth-order valence-corrected chi connectivity index (χ4v) is 3.83. The summed E-state index contributed by atoms with van der Waals surface area (Å²) in [5.41, 5.74) is 11.7. The number of nitrogens with zero attached hydrogens (tertiary/aromatic N) is 3. The van der Waals surface area contributed by atoms with Crippen molar-refractivity contribution in [2.75, 3.05) is 5.73 Å². The second-order valence-electron chi connectivity index (χ2n) is 6.09. The van der Waals surface area contributed by atoms with E-state index in [1.165, 1.54) is 0 Å². The SMILES string of the molecule is Cc1ncc2c(C(N)=O)c(N)n(C34CC(O)(C3)C4)c2n1. The molecule has 0 atom stereocenters. The summed E-state index contributed by atoms with van der Waals surface area (Å²) in [4.78, 5) is 20.2. The first kappa shape index (κ1) is 11.7. The van der Waals surface area contributed by atoms with E-state index < -0.39 is 11.5 Å². The maximum Gasteiger partial charge on any atom is 0.253 e. The number of hydrogen-bond donors (Lipinski definition) is 3. The Kier molecular flexibility index (Phi) is 1.82. The van der Waals surface area contributed by atoms with Crippen LogP contribution in [0.25, 0.3) is 11.0 Å². The Hall–Kier alpha value is -2.15. The van der Waals surface area contributed by atoms with Crippen molar-refractivity contribution in [2.24, 2.45) is 5.73 Å². The molecule has 3 saturated carbocycles. The first-order valence-electron chi connectivity index (χ1n) is 6.51. The van der Waals surface area contributed by atoms with E-state index in [1.54, 1.807) is 13.1 Å². The molecule has 5 rings (SSSR count). The lowest BCUT2D eigenvalue weighted by molar-refractivity contribution is -0.243. The van der Waals surface area contributed by atoms with E-state index in [9.17, 15) is 9.90 Å². The summed E-state index contributed by atoms with van der Waals surface area (Å²) in [6.45, 7) is 1.78. The summed E-state index contributed by atoms with van der Waals surface area (Å²) in [5.74, 6) is 0.357. The highest BCUT2D eigenvalue weighted by atomic mass is 16.3. The van der Waals surface area contributed by atoms with Gasteiger partial charge in [-0.1, -0.05) is 0 Å². The van der Waals surface area contributed by atoms with Crippen LogP contribution in [0.5, 0.6) is 0 Å². The summed E-state index contributed by atoms with van der Waals surface area (Å²) >= 11 is 0. The van der Waals surface area contributed by atoms with E-state index in [0.717, 1.165) is 0 Å². The lowest BCUT2D eigenvalue weighted by Crippen LogP contribution is -2.72. The molecule has 7 nitrogen and oxygen atoms in total. The van der Waals surface area contributed by atoms with Crippen LogP contribution >= 0.6 is 0 Å². The van der Waals surface area contributed by atoms with E-state index in [-0.39, 0.29) is 11.1 Å². The number of primary amides is 1. The lowest BCUT2D eigenvalue weighted by Gasteiger charge is -2.68. The van der Waals surface area contributed by atoms with E-state index >= 15 is 0 Å². The number of carbonyl (C=O) groups excluding carboxylic acids is 1. The summed E-state index contributed by atoms with van der Waals surface area (Å²) in [7, 11) is 0. The molecule has 104 valence electrons. The van der Waals surface area contributed by atoms with Gasteiger partial charge < -0.3 is 21.1 Å². The average molecular weight is 273 g/mol. The molecule has 0 aromatic carbocycles. The summed E-state index contributed by atoms with van der Waals surface area (Å²) in [5, 5.41) is 10.5. The Balaban J connectivity index is 2.03. The van der Waals surface area contributed by atoms with Gasteiger partial charge in [0.05, 0.1) is 22.1 Å². The van der Waals surface area contributed by atoms with Crippen molar-refractivity contribution in [1.29, 1.82) is 0 Å². The van der Waals surface area contributed by atoms with Crippen molar-refractivity contribution in [1.82, 2.24) is 14.5 Å². The molecule has 2 bridgehead atoms. The number of aryl methyl sites for hydroxylation is 1. The average Bonchev–Trinajstić information content (AvgIpc) is 2.55. The van der Waals surface area contributed by atoms with Crippen LogP contribution in [0.2, 0.25) is 0 Å². The predicted octanol–water partition coefficient (Wildman–Crippen LogP) is 0.0447. The standard InChI is InChI=1S/C13H15N5O2/c1-6-16-2-7-8(10(15)19)9(14)18(11(7)17-6)12-3-13(20,4-12)5-12/h2,20H,3-5,14H2,1H3,(H2,15,19). The van der Waals surface area contributed by atoms with Crippen molar-refractivity contribution < 1.29 is 9.90 Å². The zero-order valence-corrected chi connectivity index (χ0v) is 11.1. The Morgan fingerprint density at radius 1 is 1.45 bits per heavy atom. The molecule has 0 saturated heterocycles. The molecule has 3 fully saturated rings. The van der Waals surface area contributed by atoms with E-state index in [2.05, 4.69) is 9.97 Å². The summed E-state index contributed by atoms with van der Waals surface area (Å²) in [6.07, 6.45) is 3.53. The molecular weight excluding hydrogens is 258 g/mol. The molecule has 20 heavy (non-hydrogen) atoms. The minimum Gasteiger partial charge on any atom is -0.390 e. The number of anilines is 1. The molecule has 7 heteroatoms. The summed E-state index contributed by atoms with van der Waals surface area (Å²) in [6, 6.07) is 0. The van der Waals surface area contributed by atoms with Crippen molar-refractivity contribution in [3.63, 3.8) is 0 Å². The number of rotatable bonds is 2.